The van der Waals surface area contributed by atoms with Gasteiger partial charge >= 0.3 is 5.97 Å². The first kappa shape index (κ1) is 11.2. The minimum absolute atomic E-state index is 0.198. The van der Waals surface area contributed by atoms with Crippen LogP contribution >= 0.6 is 12.2 Å². The van der Waals surface area contributed by atoms with E-state index in [0.717, 1.165) is 0 Å². The molecule has 1 aromatic heterocycles. The number of hydrogen-bond acceptors (Lipinski definition) is 5. The van der Waals surface area contributed by atoms with Gasteiger partial charge in [0.1, 0.15) is 0 Å². The third-order valence-corrected chi connectivity index (χ3v) is 2.13. The molecule has 0 saturated carbocycles. The van der Waals surface area contributed by atoms with Crippen molar-refractivity contribution in [3.05, 3.63) is 40.8 Å². The second-order valence-corrected chi connectivity index (χ2v) is 3.57. The summed E-state index contributed by atoms with van der Waals surface area (Å²) in [4.78, 5) is 14.8. The Bertz CT molecular complexity index is 611. The molecule has 86 valence electrons. The highest BCUT2D eigenvalue weighted by atomic mass is 32.1. The Labute approximate surface area is 101 Å². The molecule has 0 radical (unpaired) electrons. The van der Waals surface area contributed by atoms with Crippen molar-refractivity contribution in [2.45, 2.75) is 0 Å². The van der Waals surface area contributed by atoms with Crippen molar-refractivity contribution in [2.24, 2.45) is 0 Å². The molecule has 3 N–H and O–H groups in total. The Morgan fingerprint density at radius 3 is 3.00 bits per heavy atom. The summed E-state index contributed by atoms with van der Waals surface area (Å²) >= 11 is 4.82. The van der Waals surface area contributed by atoms with Gasteiger partial charge in [0.25, 0.3) is 0 Å². The average molecular weight is 248 g/mol. The predicted octanol–water partition coefficient (Wildman–Crippen LogP) is 1.98. The fourth-order valence-corrected chi connectivity index (χ4v) is 1.40. The Kier molecular flexibility index (Phi) is 3.10. The molecule has 0 aliphatic carbocycles. The summed E-state index contributed by atoms with van der Waals surface area (Å²) in [6.45, 7) is 0. The molecule has 0 aliphatic rings. The van der Waals surface area contributed by atoms with Crippen LogP contribution in [0.1, 0.15) is 10.4 Å². The molecule has 2 aromatic rings. The van der Waals surface area contributed by atoms with Gasteiger partial charge < -0.3 is 10.4 Å². The molecule has 2 rings (SSSR count). The topological polar surface area (TPSA) is 90.9 Å². The molecule has 6 nitrogen and oxygen atoms in total. The zero-order valence-electron chi connectivity index (χ0n) is 8.54. The number of anilines is 2. The number of benzene rings is 1. The molecule has 0 amide bonds. The highest BCUT2D eigenvalue weighted by molar-refractivity contribution is 7.71. The molecule has 1 heterocycles. The smallest absolute Gasteiger partial charge is 0.335 e. The zero-order valence-corrected chi connectivity index (χ0v) is 9.36. The lowest BCUT2D eigenvalue weighted by Crippen LogP contribution is -1.99. The van der Waals surface area contributed by atoms with Crippen molar-refractivity contribution in [3.8, 4) is 0 Å². The number of H-pyrrole nitrogens is 1. The number of carbonyl (C=O) groups is 1. The minimum atomic E-state index is -0.981. The number of aromatic nitrogens is 3. The standard InChI is InChI=1S/C10H8N4O2S/c15-9(16)6-2-1-3-7(4-6)12-8-5-11-14-10(17)13-8/h1-5H,(H,15,16)(H2,12,13,14,17). The maximum absolute atomic E-state index is 10.8. The van der Waals surface area contributed by atoms with Gasteiger partial charge in [-0.15, -0.1) is 0 Å². The Morgan fingerprint density at radius 1 is 1.47 bits per heavy atom. The van der Waals surface area contributed by atoms with Crippen molar-refractivity contribution in [1.29, 1.82) is 0 Å². The van der Waals surface area contributed by atoms with Gasteiger partial charge in [0.15, 0.2) is 5.82 Å². The first-order chi connectivity index (χ1) is 8.15. The first-order valence-electron chi connectivity index (χ1n) is 4.67. The summed E-state index contributed by atoms with van der Waals surface area (Å²) in [5.41, 5.74) is 0.809. The van der Waals surface area contributed by atoms with Crippen LogP contribution in [0.3, 0.4) is 0 Å². The number of nitrogens with one attached hydrogen (secondary N) is 2. The number of hydrogen-bond donors (Lipinski definition) is 3. The van der Waals surface area contributed by atoms with Gasteiger partial charge in [-0.1, -0.05) is 6.07 Å². The van der Waals surface area contributed by atoms with Crippen LogP contribution in [-0.2, 0) is 0 Å². The van der Waals surface area contributed by atoms with E-state index in [0.29, 0.717) is 11.5 Å². The molecular formula is C10H8N4O2S. The summed E-state index contributed by atoms with van der Waals surface area (Å²) in [5, 5.41) is 18.0. The molecule has 0 spiro atoms. The number of aromatic amines is 1. The van der Waals surface area contributed by atoms with Gasteiger partial charge in [-0.05, 0) is 30.4 Å². The maximum Gasteiger partial charge on any atom is 0.335 e. The van der Waals surface area contributed by atoms with Crippen LogP contribution in [0.2, 0.25) is 0 Å². The summed E-state index contributed by atoms with van der Waals surface area (Å²) in [7, 11) is 0. The largest absolute Gasteiger partial charge is 0.478 e. The molecule has 0 bridgehead atoms. The summed E-state index contributed by atoms with van der Waals surface area (Å²) in [6, 6.07) is 6.39. The number of carboxylic acid groups (broad SMARTS) is 1. The molecule has 0 aliphatic heterocycles. The second kappa shape index (κ2) is 4.71. The van der Waals surface area contributed by atoms with Crippen LogP contribution < -0.4 is 5.32 Å². The average Bonchev–Trinajstić information content (AvgIpc) is 2.29. The van der Waals surface area contributed by atoms with E-state index in [1.165, 1.54) is 18.3 Å². The van der Waals surface area contributed by atoms with E-state index in [1.54, 1.807) is 12.1 Å². The molecule has 17 heavy (non-hydrogen) atoms. The third-order valence-electron chi connectivity index (χ3n) is 1.95. The summed E-state index contributed by atoms with van der Waals surface area (Å²) in [6.07, 6.45) is 1.46. The van der Waals surface area contributed by atoms with Crippen molar-refractivity contribution >= 4 is 29.7 Å². The lowest BCUT2D eigenvalue weighted by molar-refractivity contribution is 0.0697. The Hall–Kier alpha value is -2.28. The second-order valence-electron chi connectivity index (χ2n) is 3.18. The molecule has 0 saturated heterocycles. The summed E-state index contributed by atoms with van der Waals surface area (Å²) in [5.74, 6) is -0.527. The van der Waals surface area contributed by atoms with Crippen LogP contribution in [0, 0.1) is 4.77 Å². The van der Waals surface area contributed by atoms with Crippen molar-refractivity contribution in [1.82, 2.24) is 15.2 Å². The van der Waals surface area contributed by atoms with Gasteiger partial charge in [0.2, 0.25) is 4.77 Å². The van der Waals surface area contributed by atoms with Crippen LogP contribution in [0.25, 0.3) is 0 Å². The molecule has 0 atom stereocenters. The van der Waals surface area contributed by atoms with Crippen LogP contribution in [0.4, 0.5) is 11.5 Å². The van der Waals surface area contributed by atoms with Crippen molar-refractivity contribution < 1.29 is 9.90 Å². The molecule has 7 heteroatoms. The lowest BCUT2D eigenvalue weighted by Gasteiger charge is -2.05. The Morgan fingerprint density at radius 2 is 2.29 bits per heavy atom. The minimum Gasteiger partial charge on any atom is -0.478 e. The molecular weight excluding hydrogens is 240 g/mol. The van der Waals surface area contributed by atoms with Crippen molar-refractivity contribution in [3.63, 3.8) is 0 Å². The van der Waals surface area contributed by atoms with E-state index in [2.05, 4.69) is 20.5 Å². The van der Waals surface area contributed by atoms with Crippen LogP contribution in [0.5, 0.6) is 0 Å². The zero-order chi connectivity index (χ0) is 12.3. The van der Waals surface area contributed by atoms with Gasteiger partial charge in [-0.3, -0.25) is 5.10 Å². The fourth-order valence-electron chi connectivity index (χ4n) is 1.25. The van der Waals surface area contributed by atoms with E-state index in [4.69, 9.17) is 17.3 Å². The van der Waals surface area contributed by atoms with Gasteiger partial charge in [-0.2, -0.15) is 10.1 Å². The SMILES string of the molecule is O=C(O)c1cccc(Nc2cn[nH]c(=S)n2)c1. The first-order valence-corrected chi connectivity index (χ1v) is 5.08. The number of nitrogens with zero attached hydrogens (tertiary/aromatic N) is 2. The quantitative estimate of drug-likeness (QED) is 0.719. The van der Waals surface area contributed by atoms with Crippen LogP contribution in [0.15, 0.2) is 30.5 Å². The Balaban J connectivity index is 2.27. The van der Waals surface area contributed by atoms with Gasteiger partial charge in [0.05, 0.1) is 11.8 Å². The molecule has 0 unspecified atom stereocenters. The van der Waals surface area contributed by atoms with E-state index in [9.17, 15) is 4.79 Å². The number of aromatic carboxylic acids is 1. The third kappa shape index (κ3) is 2.85. The number of rotatable bonds is 3. The van der Waals surface area contributed by atoms with E-state index < -0.39 is 5.97 Å². The fraction of sp³-hybridized carbons (Fsp3) is 0. The normalized spacial score (nSPS) is 9.88. The highest BCUT2D eigenvalue weighted by Crippen LogP contribution is 2.14. The lowest BCUT2D eigenvalue weighted by atomic mass is 10.2. The van der Waals surface area contributed by atoms with E-state index >= 15 is 0 Å². The molecule has 1 aromatic carbocycles. The number of carboxylic acids is 1. The molecule has 0 fully saturated rings. The van der Waals surface area contributed by atoms with E-state index in [-0.39, 0.29) is 10.3 Å². The summed E-state index contributed by atoms with van der Waals surface area (Å²) < 4.78 is 0.254. The maximum atomic E-state index is 10.8. The monoisotopic (exact) mass is 248 g/mol. The predicted molar refractivity (Wildman–Crippen MR) is 63.9 cm³/mol. The highest BCUT2D eigenvalue weighted by Gasteiger charge is 2.03. The van der Waals surface area contributed by atoms with E-state index in [1.807, 2.05) is 0 Å². The van der Waals surface area contributed by atoms with Crippen molar-refractivity contribution in [2.75, 3.05) is 5.32 Å². The van der Waals surface area contributed by atoms with Gasteiger partial charge in [-0.25, -0.2) is 4.79 Å². The van der Waals surface area contributed by atoms with Gasteiger partial charge in [0, 0.05) is 5.69 Å². The van der Waals surface area contributed by atoms with Crippen LogP contribution in [-0.4, -0.2) is 26.3 Å².